The van der Waals surface area contributed by atoms with Crippen LogP contribution in [0, 0.1) is 12.3 Å². The van der Waals surface area contributed by atoms with Crippen LogP contribution in [0.4, 0.5) is 0 Å². The topological polar surface area (TPSA) is 57.6 Å². The van der Waals surface area contributed by atoms with Crippen molar-refractivity contribution in [3.63, 3.8) is 0 Å². The van der Waals surface area contributed by atoms with Crippen LogP contribution in [-0.4, -0.2) is 34.5 Å². The van der Waals surface area contributed by atoms with E-state index in [1.54, 1.807) is 0 Å². The van der Waals surface area contributed by atoms with Gasteiger partial charge >= 0.3 is 5.97 Å². The summed E-state index contributed by atoms with van der Waals surface area (Å²) >= 11 is 0. The normalized spacial score (nSPS) is 10.3. The van der Waals surface area contributed by atoms with E-state index in [2.05, 4.69) is 5.92 Å². The number of amides is 1. The lowest BCUT2D eigenvalue weighted by atomic mass is 10.0. The third-order valence-corrected chi connectivity index (χ3v) is 1.99. The van der Waals surface area contributed by atoms with Crippen LogP contribution in [0.15, 0.2) is 0 Å². The molecule has 0 radical (unpaired) electrons. The van der Waals surface area contributed by atoms with E-state index in [1.165, 1.54) is 20.9 Å². The van der Waals surface area contributed by atoms with Crippen LogP contribution in [0.2, 0.25) is 0 Å². The van der Waals surface area contributed by atoms with E-state index in [-0.39, 0.29) is 12.3 Å². The molecule has 0 fully saturated rings. The van der Waals surface area contributed by atoms with Crippen LogP contribution in [0.3, 0.4) is 0 Å². The lowest BCUT2D eigenvalue weighted by molar-refractivity contribution is -0.154. The number of rotatable bonds is 3. The Morgan fingerprint density at radius 1 is 1.54 bits per heavy atom. The van der Waals surface area contributed by atoms with E-state index in [1.807, 2.05) is 0 Å². The van der Waals surface area contributed by atoms with Gasteiger partial charge in [0.2, 0.25) is 5.91 Å². The van der Waals surface area contributed by atoms with Gasteiger partial charge in [0.1, 0.15) is 5.54 Å². The highest BCUT2D eigenvalue weighted by Gasteiger charge is 2.34. The van der Waals surface area contributed by atoms with Crippen molar-refractivity contribution >= 4 is 11.9 Å². The predicted molar refractivity (Wildman–Crippen MR) is 47.9 cm³/mol. The number of hydrogen-bond acceptors (Lipinski definition) is 2. The van der Waals surface area contributed by atoms with Gasteiger partial charge in [-0.1, -0.05) is 5.92 Å². The fraction of sp³-hybridized carbons (Fsp3) is 0.556. The average molecular weight is 183 g/mol. The Labute approximate surface area is 77.5 Å². The standard InChI is InChI=1S/C9H13NO3/c1-5-6-7(11)10(4)9(2,3)8(12)13/h1H,6H2,2-4H3,(H,12,13). The fourth-order valence-corrected chi connectivity index (χ4v) is 0.661. The second-order valence-electron chi connectivity index (χ2n) is 3.20. The maximum absolute atomic E-state index is 11.2. The molecule has 0 aliphatic rings. The van der Waals surface area contributed by atoms with Crippen molar-refractivity contribution in [2.45, 2.75) is 25.8 Å². The van der Waals surface area contributed by atoms with E-state index in [0.717, 1.165) is 4.90 Å². The summed E-state index contributed by atoms with van der Waals surface area (Å²) in [7, 11) is 1.42. The second kappa shape index (κ2) is 3.94. The number of carbonyl (C=O) groups excluding carboxylic acids is 1. The number of carboxylic acids is 1. The van der Waals surface area contributed by atoms with Gasteiger partial charge in [-0.05, 0) is 13.8 Å². The summed E-state index contributed by atoms with van der Waals surface area (Å²) in [5.41, 5.74) is -1.21. The Morgan fingerprint density at radius 3 is 2.31 bits per heavy atom. The van der Waals surface area contributed by atoms with Gasteiger partial charge in [-0.3, -0.25) is 4.79 Å². The molecule has 0 unspecified atom stereocenters. The molecule has 4 nitrogen and oxygen atoms in total. The number of hydrogen-bond donors (Lipinski definition) is 1. The highest BCUT2D eigenvalue weighted by molar-refractivity contribution is 5.87. The zero-order valence-corrected chi connectivity index (χ0v) is 8.00. The minimum Gasteiger partial charge on any atom is -0.480 e. The van der Waals surface area contributed by atoms with Crippen molar-refractivity contribution in [3.8, 4) is 12.3 Å². The number of carbonyl (C=O) groups is 2. The smallest absolute Gasteiger partial charge is 0.329 e. The molecule has 0 saturated carbocycles. The van der Waals surface area contributed by atoms with Gasteiger partial charge in [0.05, 0.1) is 6.42 Å². The fourth-order valence-electron chi connectivity index (χ4n) is 0.661. The molecule has 1 amide bonds. The van der Waals surface area contributed by atoms with Crippen molar-refractivity contribution in [1.82, 2.24) is 4.90 Å². The van der Waals surface area contributed by atoms with E-state index in [4.69, 9.17) is 11.5 Å². The summed E-state index contributed by atoms with van der Waals surface area (Å²) in [6, 6.07) is 0. The molecule has 0 atom stereocenters. The van der Waals surface area contributed by atoms with E-state index < -0.39 is 11.5 Å². The third kappa shape index (κ3) is 2.48. The Bertz CT molecular complexity index is 263. The summed E-state index contributed by atoms with van der Waals surface area (Å²) in [5, 5.41) is 8.78. The zero-order chi connectivity index (χ0) is 10.6. The highest BCUT2D eigenvalue weighted by Crippen LogP contribution is 2.13. The summed E-state index contributed by atoms with van der Waals surface area (Å²) < 4.78 is 0. The summed E-state index contributed by atoms with van der Waals surface area (Å²) in [5.74, 6) is 0.754. The Balaban J connectivity index is 4.60. The van der Waals surface area contributed by atoms with Crippen LogP contribution < -0.4 is 0 Å². The van der Waals surface area contributed by atoms with Gasteiger partial charge in [0.15, 0.2) is 0 Å². The third-order valence-electron chi connectivity index (χ3n) is 1.99. The maximum atomic E-state index is 11.2. The summed E-state index contributed by atoms with van der Waals surface area (Å²) in [4.78, 5) is 23.1. The molecule has 0 aliphatic carbocycles. The van der Waals surface area contributed by atoms with E-state index >= 15 is 0 Å². The molecule has 72 valence electrons. The summed E-state index contributed by atoms with van der Waals surface area (Å²) in [6.07, 6.45) is 4.87. The first-order valence-corrected chi connectivity index (χ1v) is 3.77. The Kier molecular flexibility index (Phi) is 3.49. The van der Waals surface area contributed by atoms with E-state index in [9.17, 15) is 9.59 Å². The minimum atomic E-state index is -1.21. The molecular weight excluding hydrogens is 170 g/mol. The molecule has 0 spiro atoms. The quantitative estimate of drug-likeness (QED) is 0.641. The molecule has 0 saturated heterocycles. The predicted octanol–water partition coefficient (Wildman–Crippen LogP) is 0.331. The average Bonchev–Trinajstić information content (AvgIpc) is 2.03. The van der Waals surface area contributed by atoms with Crippen LogP contribution in [0.5, 0.6) is 0 Å². The molecular formula is C9H13NO3. The largest absolute Gasteiger partial charge is 0.480 e. The molecule has 0 aliphatic heterocycles. The molecule has 0 heterocycles. The first kappa shape index (κ1) is 11.5. The van der Waals surface area contributed by atoms with Crippen molar-refractivity contribution in [2.75, 3.05) is 7.05 Å². The molecule has 4 heteroatoms. The van der Waals surface area contributed by atoms with Crippen molar-refractivity contribution in [3.05, 3.63) is 0 Å². The van der Waals surface area contributed by atoms with E-state index in [0.29, 0.717) is 0 Å². The number of nitrogens with zero attached hydrogens (tertiary/aromatic N) is 1. The lowest BCUT2D eigenvalue weighted by Gasteiger charge is -2.31. The Hall–Kier alpha value is -1.50. The summed E-state index contributed by atoms with van der Waals surface area (Å²) in [6.45, 7) is 2.90. The molecule has 0 aromatic carbocycles. The molecule has 0 aromatic rings. The van der Waals surface area contributed by atoms with Gasteiger partial charge in [-0.15, -0.1) is 6.42 Å². The monoisotopic (exact) mass is 183 g/mol. The van der Waals surface area contributed by atoms with Crippen LogP contribution in [0.1, 0.15) is 20.3 Å². The number of aliphatic carboxylic acids is 1. The van der Waals surface area contributed by atoms with Crippen molar-refractivity contribution < 1.29 is 14.7 Å². The lowest BCUT2D eigenvalue weighted by Crippen LogP contribution is -2.50. The minimum absolute atomic E-state index is 0.0762. The van der Waals surface area contributed by atoms with Crippen LogP contribution in [0.25, 0.3) is 0 Å². The number of terminal acetylenes is 1. The van der Waals surface area contributed by atoms with Crippen molar-refractivity contribution in [1.29, 1.82) is 0 Å². The highest BCUT2D eigenvalue weighted by atomic mass is 16.4. The molecule has 1 N–H and O–H groups in total. The Morgan fingerprint density at radius 2 is 2.00 bits per heavy atom. The second-order valence-corrected chi connectivity index (χ2v) is 3.20. The molecule has 0 aromatic heterocycles. The zero-order valence-electron chi connectivity index (χ0n) is 8.00. The SMILES string of the molecule is C#CCC(=O)N(C)C(C)(C)C(=O)O. The van der Waals surface area contributed by atoms with Gasteiger partial charge in [-0.2, -0.15) is 0 Å². The maximum Gasteiger partial charge on any atom is 0.329 e. The van der Waals surface area contributed by atoms with Crippen LogP contribution in [-0.2, 0) is 9.59 Å². The molecule has 0 rings (SSSR count). The van der Waals surface area contributed by atoms with Gasteiger partial charge in [0.25, 0.3) is 0 Å². The number of likely N-dealkylation sites (N-methyl/N-ethyl adjacent to an activating group) is 1. The first-order valence-electron chi connectivity index (χ1n) is 3.77. The number of carboxylic acid groups (broad SMARTS) is 1. The van der Waals surface area contributed by atoms with Gasteiger partial charge < -0.3 is 10.0 Å². The van der Waals surface area contributed by atoms with Crippen molar-refractivity contribution in [2.24, 2.45) is 0 Å². The van der Waals surface area contributed by atoms with Crippen LogP contribution >= 0.6 is 0 Å². The van der Waals surface area contributed by atoms with Gasteiger partial charge in [-0.25, -0.2) is 4.79 Å². The van der Waals surface area contributed by atoms with Gasteiger partial charge in [0, 0.05) is 7.05 Å². The molecule has 13 heavy (non-hydrogen) atoms. The molecule has 0 bridgehead atoms. The first-order chi connectivity index (χ1) is 5.84.